The van der Waals surface area contributed by atoms with E-state index in [1.165, 1.54) is 18.7 Å². The molecule has 0 saturated carbocycles. The monoisotopic (exact) mass is 345 g/mol. The molecule has 0 amide bonds. The fraction of sp³-hybridized carbons (Fsp3) is 0.400. The van der Waals surface area contributed by atoms with Gasteiger partial charge in [-0.2, -0.15) is 0 Å². The lowest BCUT2D eigenvalue weighted by Gasteiger charge is -2.29. The summed E-state index contributed by atoms with van der Waals surface area (Å²) in [4.78, 5) is 0. The molecule has 0 saturated heterocycles. The molecule has 1 heterocycles. The number of nitrogens with one attached hydrogen (secondary N) is 1. The van der Waals surface area contributed by atoms with Crippen LogP contribution in [0, 0.1) is 5.82 Å². The van der Waals surface area contributed by atoms with Gasteiger partial charge >= 0.3 is 0 Å². The summed E-state index contributed by atoms with van der Waals surface area (Å²) in [6, 6.07) is 9.06. The van der Waals surface area contributed by atoms with Crippen molar-refractivity contribution in [3.8, 4) is 17.2 Å². The standard InChI is InChI=1S/C20H24FNO3/c1-4-24-18-10-13-8-9-22-20(15(13)12-19(18)25-5-2)14-6-7-16(21)17(11-14)23-3/h6-7,10-12,20,22H,4-5,8-9H2,1-3H3/t20-/m1/s1. The number of halogens is 1. The highest BCUT2D eigenvalue weighted by Gasteiger charge is 2.25. The largest absolute Gasteiger partial charge is 0.494 e. The average Bonchev–Trinajstić information content (AvgIpc) is 2.63. The first-order valence-corrected chi connectivity index (χ1v) is 8.67. The Hall–Kier alpha value is -2.27. The molecule has 1 atom stereocenters. The molecule has 0 spiro atoms. The fourth-order valence-electron chi connectivity index (χ4n) is 3.25. The van der Waals surface area contributed by atoms with Crippen molar-refractivity contribution < 1.29 is 18.6 Å². The van der Waals surface area contributed by atoms with Crippen molar-refractivity contribution in [3.63, 3.8) is 0 Å². The zero-order valence-electron chi connectivity index (χ0n) is 14.9. The smallest absolute Gasteiger partial charge is 0.165 e. The van der Waals surface area contributed by atoms with E-state index in [2.05, 4.69) is 11.4 Å². The van der Waals surface area contributed by atoms with Crippen LogP contribution in [-0.2, 0) is 6.42 Å². The summed E-state index contributed by atoms with van der Waals surface area (Å²) in [5.41, 5.74) is 3.32. The Bertz CT molecular complexity index is 748. The first-order chi connectivity index (χ1) is 12.2. The molecule has 4 nitrogen and oxygen atoms in total. The van der Waals surface area contributed by atoms with Gasteiger partial charge in [0.15, 0.2) is 23.1 Å². The third-order valence-electron chi connectivity index (χ3n) is 4.37. The second-order valence-corrected chi connectivity index (χ2v) is 5.89. The molecular formula is C20H24FNO3. The summed E-state index contributed by atoms with van der Waals surface area (Å²) in [5.74, 6) is 1.41. The van der Waals surface area contributed by atoms with E-state index in [4.69, 9.17) is 14.2 Å². The minimum absolute atomic E-state index is 0.0341. The third-order valence-corrected chi connectivity index (χ3v) is 4.37. The zero-order valence-corrected chi connectivity index (χ0v) is 14.9. The maximum absolute atomic E-state index is 13.8. The van der Waals surface area contributed by atoms with Crippen molar-refractivity contribution in [2.75, 3.05) is 26.9 Å². The number of benzene rings is 2. The normalized spacial score (nSPS) is 16.2. The Morgan fingerprint density at radius 3 is 2.44 bits per heavy atom. The number of hydrogen-bond acceptors (Lipinski definition) is 4. The molecule has 1 aliphatic rings. The summed E-state index contributed by atoms with van der Waals surface area (Å²) in [7, 11) is 1.48. The average molecular weight is 345 g/mol. The fourth-order valence-corrected chi connectivity index (χ4v) is 3.25. The van der Waals surface area contributed by atoms with Crippen LogP contribution in [-0.4, -0.2) is 26.9 Å². The van der Waals surface area contributed by atoms with Gasteiger partial charge in [0.25, 0.3) is 0 Å². The molecule has 25 heavy (non-hydrogen) atoms. The Morgan fingerprint density at radius 2 is 1.76 bits per heavy atom. The predicted molar refractivity (Wildman–Crippen MR) is 95.3 cm³/mol. The van der Waals surface area contributed by atoms with Gasteiger partial charge in [0, 0.05) is 6.54 Å². The molecule has 0 aromatic heterocycles. The Balaban J connectivity index is 2.04. The van der Waals surface area contributed by atoms with Crippen LogP contribution in [0.1, 0.15) is 36.6 Å². The predicted octanol–water partition coefficient (Wildman–Crippen LogP) is 3.87. The quantitative estimate of drug-likeness (QED) is 0.863. The van der Waals surface area contributed by atoms with Crippen LogP contribution >= 0.6 is 0 Å². The van der Waals surface area contributed by atoms with E-state index < -0.39 is 0 Å². The van der Waals surface area contributed by atoms with Crippen LogP contribution in [0.4, 0.5) is 4.39 Å². The Labute approximate surface area is 147 Å². The van der Waals surface area contributed by atoms with Crippen LogP contribution < -0.4 is 19.5 Å². The molecular weight excluding hydrogens is 321 g/mol. The second kappa shape index (κ2) is 7.74. The number of hydrogen-bond donors (Lipinski definition) is 1. The number of rotatable bonds is 6. The van der Waals surface area contributed by atoms with E-state index in [-0.39, 0.29) is 17.6 Å². The van der Waals surface area contributed by atoms with Gasteiger partial charge in [0.05, 0.1) is 26.4 Å². The van der Waals surface area contributed by atoms with E-state index in [0.29, 0.717) is 13.2 Å². The van der Waals surface area contributed by atoms with Gasteiger partial charge in [-0.15, -0.1) is 0 Å². The molecule has 3 rings (SSSR count). The number of fused-ring (bicyclic) bond motifs is 1. The second-order valence-electron chi connectivity index (χ2n) is 5.89. The van der Waals surface area contributed by atoms with Crippen LogP contribution in [0.15, 0.2) is 30.3 Å². The summed E-state index contributed by atoms with van der Waals surface area (Å²) >= 11 is 0. The minimum atomic E-state index is -0.357. The molecule has 0 aliphatic carbocycles. The molecule has 0 unspecified atom stereocenters. The maximum atomic E-state index is 13.8. The third kappa shape index (κ3) is 3.56. The van der Waals surface area contributed by atoms with Crippen LogP contribution in [0.3, 0.4) is 0 Å². The molecule has 1 N–H and O–H groups in total. The van der Waals surface area contributed by atoms with E-state index in [1.807, 2.05) is 19.9 Å². The Morgan fingerprint density at radius 1 is 1.04 bits per heavy atom. The SMILES string of the molecule is CCOc1cc2c(cc1OCC)[C@@H](c1ccc(F)c(OC)c1)NCC2. The van der Waals surface area contributed by atoms with Gasteiger partial charge in [-0.05, 0) is 61.2 Å². The van der Waals surface area contributed by atoms with Crippen LogP contribution in [0.5, 0.6) is 17.2 Å². The molecule has 1 aliphatic heterocycles. The molecule has 0 fully saturated rings. The van der Waals surface area contributed by atoms with Gasteiger partial charge < -0.3 is 19.5 Å². The van der Waals surface area contributed by atoms with Crippen molar-refractivity contribution in [2.24, 2.45) is 0 Å². The van der Waals surface area contributed by atoms with Gasteiger partial charge in [-0.25, -0.2) is 4.39 Å². The lowest BCUT2D eigenvalue weighted by Crippen LogP contribution is -2.30. The first-order valence-electron chi connectivity index (χ1n) is 8.67. The first kappa shape index (κ1) is 17.5. The summed E-state index contributed by atoms with van der Waals surface area (Å²) < 4.78 is 30.4. The molecule has 5 heteroatoms. The number of ether oxygens (including phenoxy) is 3. The van der Waals surface area contributed by atoms with Crippen molar-refractivity contribution in [1.82, 2.24) is 5.32 Å². The topological polar surface area (TPSA) is 39.7 Å². The van der Waals surface area contributed by atoms with Crippen LogP contribution in [0.2, 0.25) is 0 Å². The van der Waals surface area contributed by atoms with Gasteiger partial charge in [0.2, 0.25) is 0 Å². The zero-order chi connectivity index (χ0) is 17.8. The summed E-state index contributed by atoms with van der Waals surface area (Å²) in [6.45, 7) is 5.92. The highest BCUT2D eigenvalue weighted by molar-refractivity contribution is 5.52. The lowest BCUT2D eigenvalue weighted by molar-refractivity contribution is 0.286. The van der Waals surface area contributed by atoms with Gasteiger partial charge in [-0.1, -0.05) is 6.07 Å². The maximum Gasteiger partial charge on any atom is 0.165 e. The minimum Gasteiger partial charge on any atom is -0.494 e. The number of methoxy groups -OCH3 is 1. The highest BCUT2D eigenvalue weighted by Crippen LogP contribution is 2.38. The van der Waals surface area contributed by atoms with E-state index in [0.717, 1.165) is 35.6 Å². The van der Waals surface area contributed by atoms with Gasteiger partial charge in [-0.3, -0.25) is 0 Å². The molecule has 2 aromatic rings. The lowest BCUT2D eigenvalue weighted by atomic mass is 9.89. The van der Waals surface area contributed by atoms with Crippen molar-refractivity contribution in [1.29, 1.82) is 0 Å². The molecule has 0 radical (unpaired) electrons. The van der Waals surface area contributed by atoms with Crippen molar-refractivity contribution >= 4 is 0 Å². The summed E-state index contributed by atoms with van der Waals surface area (Å²) in [5, 5.41) is 3.51. The molecule has 0 bridgehead atoms. The Kier molecular flexibility index (Phi) is 5.43. The van der Waals surface area contributed by atoms with Crippen LogP contribution in [0.25, 0.3) is 0 Å². The van der Waals surface area contributed by atoms with E-state index in [1.54, 1.807) is 12.1 Å². The van der Waals surface area contributed by atoms with Crippen molar-refractivity contribution in [2.45, 2.75) is 26.3 Å². The summed E-state index contributed by atoms with van der Waals surface area (Å²) in [6.07, 6.45) is 0.913. The van der Waals surface area contributed by atoms with E-state index >= 15 is 0 Å². The molecule has 2 aromatic carbocycles. The van der Waals surface area contributed by atoms with Gasteiger partial charge in [0.1, 0.15) is 0 Å². The van der Waals surface area contributed by atoms with E-state index in [9.17, 15) is 4.39 Å². The molecule has 134 valence electrons. The van der Waals surface area contributed by atoms with Crippen molar-refractivity contribution in [3.05, 3.63) is 52.8 Å². The highest BCUT2D eigenvalue weighted by atomic mass is 19.1.